The van der Waals surface area contributed by atoms with Gasteiger partial charge in [0.2, 0.25) is 0 Å². The van der Waals surface area contributed by atoms with Gasteiger partial charge in [-0.25, -0.2) is 10.2 Å². The van der Waals surface area contributed by atoms with Crippen molar-refractivity contribution in [2.75, 3.05) is 14.1 Å². The molecule has 0 aliphatic heterocycles. The lowest BCUT2D eigenvalue weighted by molar-refractivity contribution is 0.00632. The van der Waals surface area contributed by atoms with Crippen LogP contribution in [-0.2, 0) is 4.74 Å². The zero-order valence-corrected chi connectivity index (χ0v) is 12.7. The van der Waals surface area contributed by atoms with Gasteiger partial charge in [0.15, 0.2) is 0 Å². The van der Waals surface area contributed by atoms with Crippen molar-refractivity contribution < 1.29 is 9.53 Å². The summed E-state index contributed by atoms with van der Waals surface area (Å²) >= 11 is 0. The SMILES string of the molecule is CC1CCC(C(C)C)C(OC(=O)NN=CN(C)C)C1. The third-order valence-electron chi connectivity index (χ3n) is 3.66. The normalized spacial score (nSPS) is 27.6. The lowest BCUT2D eigenvalue weighted by atomic mass is 9.75. The van der Waals surface area contributed by atoms with Crippen LogP contribution in [0.4, 0.5) is 4.79 Å². The number of carbonyl (C=O) groups is 1. The topological polar surface area (TPSA) is 53.9 Å². The molecule has 1 N–H and O–H groups in total. The smallest absolute Gasteiger partial charge is 0.428 e. The number of nitrogens with zero attached hydrogens (tertiary/aromatic N) is 2. The summed E-state index contributed by atoms with van der Waals surface area (Å²) in [5.74, 6) is 1.62. The predicted octanol–water partition coefficient (Wildman–Crippen LogP) is 2.68. The molecule has 0 aromatic rings. The van der Waals surface area contributed by atoms with E-state index < -0.39 is 6.09 Å². The van der Waals surface area contributed by atoms with Crippen molar-refractivity contribution in [1.29, 1.82) is 0 Å². The maximum absolute atomic E-state index is 11.7. The van der Waals surface area contributed by atoms with Crippen LogP contribution in [0.1, 0.15) is 40.0 Å². The maximum Gasteiger partial charge on any atom is 0.428 e. The van der Waals surface area contributed by atoms with Crippen LogP contribution >= 0.6 is 0 Å². The van der Waals surface area contributed by atoms with Crippen LogP contribution in [0, 0.1) is 17.8 Å². The largest absolute Gasteiger partial charge is 0.445 e. The first kappa shape index (κ1) is 15.8. The van der Waals surface area contributed by atoms with Gasteiger partial charge >= 0.3 is 6.09 Å². The molecule has 1 aliphatic rings. The zero-order valence-electron chi connectivity index (χ0n) is 12.7. The molecule has 0 saturated heterocycles. The first-order valence-corrected chi connectivity index (χ1v) is 7.06. The van der Waals surface area contributed by atoms with Gasteiger partial charge in [0, 0.05) is 14.1 Å². The monoisotopic (exact) mass is 269 g/mol. The first-order chi connectivity index (χ1) is 8.90. The predicted molar refractivity (Wildman–Crippen MR) is 76.9 cm³/mol. The van der Waals surface area contributed by atoms with Crippen LogP contribution in [0.15, 0.2) is 5.10 Å². The molecule has 0 aromatic heterocycles. The molecule has 5 heteroatoms. The molecule has 110 valence electrons. The summed E-state index contributed by atoms with van der Waals surface area (Å²) in [4.78, 5) is 13.5. The van der Waals surface area contributed by atoms with E-state index in [2.05, 4.69) is 31.3 Å². The van der Waals surface area contributed by atoms with Gasteiger partial charge in [-0.1, -0.05) is 27.2 Å². The summed E-state index contributed by atoms with van der Waals surface area (Å²) in [6.45, 7) is 6.60. The number of hydrogen-bond donors (Lipinski definition) is 1. The first-order valence-electron chi connectivity index (χ1n) is 7.06. The average molecular weight is 269 g/mol. The highest BCUT2D eigenvalue weighted by atomic mass is 16.6. The summed E-state index contributed by atoms with van der Waals surface area (Å²) in [5.41, 5.74) is 2.40. The van der Waals surface area contributed by atoms with Crippen molar-refractivity contribution in [1.82, 2.24) is 10.3 Å². The van der Waals surface area contributed by atoms with E-state index in [0.29, 0.717) is 17.8 Å². The Labute approximate surface area is 116 Å². The second-order valence-electron chi connectivity index (χ2n) is 6.09. The van der Waals surface area contributed by atoms with E-state index in [1.54, 1.807) is 4.90 Å². The number of ether oxygens (including phenoxy) is 1. The summed E-state index contributed by atoms with van der Waals surface area (Å²) in [5, 5.41) is 3.80. The van der Waals surface area contributed by atoms with E-state index >= 15 is 0 Å². The van der Waals surface area contributed by atoms with Crippen LogP contribution in [-0.4, -0.2) is 37.5 Å². The Morgan fingerprint density at radius 3 is 2.68 bits per heavy atom. The second-order valence-corrected chi connectivity index (χ2v) is 6.09. The Bertz CT molecular complexity index is 316. The van der Waals surface area contributed by atoms with Crippen molar-refractivity contribution in [3.05, 3.63) is 0 Å². The summed E-state index contributed by atoms with van der Waals surface area (Å²) in [7, 11) is 3.68. The van der Waals surface area contributed by atoms with Crippen molar-refractivity contribution in [3.63, 3.8) is 0 Å². The number of hydrogen-bond acceptors (Lipinski definition) is 3. The molecule has 1 aliphatic carbocycles. The van der Waals surface area contributed by atoms with Crippen molar-refractivity contribution in [2.24, 2.45) is 22.9 Å². The fourth-order valence-corrected chi connectivity index (χ4v) is 2.61. The molecular formula is C14H27N3O2. The van der Waals surface area contributed by atoms with Crippen molar-refractivity contribution in [3.8, 4) is 0 Å². The summed E-state index contributed by atoms with van der Waals surface area (Å²) in [6.07, 6.45) is 4.40. The summed E-state index contributed by atoms with van der Waals surface area (Å²) in [6, 6.07) is 0. The number of amides is 1. The van der Waals surface area contributed by atoms with E-state index in [4.69, 9.17) is 4.74 Å². The van der Waals surface area contributed by atoms with E-state index in [1.165, 1.54) is 12.8 Å². The van der Waals surface area contributed by atoms with Crippen LogP contribution in [0.5, 0.6) is 0 Å². The molecule has 1 saturated carbocycles. The molecule has 0 bridgehead atoms. The lowest BCUT2D eigenvalue weighted by Gasteiger charge is -2.36. The molecule has 0 aromatic carbocycles. The highest BCUT2D eigenvalue weighted by molar-refractivity contribution is 5.68. The Hall–Kier alpha value is -1.26. The van der Waals surface area contributed by atoms with Crippen LogP contribution in [0.25, 0.3) is 0 Å². The molecule has 1 rings (SSSR count). The molecule has 1 amide bonds. The van der Waals surface area contributed by atoms with E-state index in [9.17, 15) is 4.79 Å². The third kappa shape index (κ3) is 5.49. The minimum absolute atomic E-state index is 0.0123. The highest BCUT2D eigenvalue weighted by Gasteiger charge is 2.33. The Balaban J connectivity index is 2.49. The zero-order chi connectivity index (χ0) is 14.4. The van der Waals surface area contributed by atoms with E-state index in [0.717, 1.165) is 12.8 Å². The highest BCUT2D eigenvalue weighted by Crippen LogP contribution is 2.35. The molecule has 0 radical (unpaired) electrons. The van der Waals surface area contributed by atoms with Gasteiger partial charge in [-0.2, -0.15) is 5.10 Å². The lowest BCUT2D eigenvalue weighted by Crippen LogP contribution is -2.38. The molecular weight excluding hydrogens is 242 g/mol. The van der Waals surface area contributed by atoms with E-state index in [1.807, 2.05) is 14.1 Å². The molecule has 3 atom stereocenters. The Kier molecular flexibility index (Phi) is 6.12. The molecule has 5 nitrogen and oxygen atoms in total. The fourth-order valence-electron chi connectivity index (χ4n) is 2.61. The van der Waals surface area contributed by atoms with Gasteiger partial charge in [0.25, 0.3) is 0 Å². The number of rotatable bonds is 4. The van der Waals surface area contributed by atoms with Gasteiger partial charge < -0.3 is 9.64 Å². The standard InChI is InChI=1S/C14H27N3O2/c1-10(2)12-7-6-11(3)8-13(12)19-14(18)16-15-9-17(4)5/h9-13H,6-8H2,1-5H3,(H,16,18). The molecule has 3 unspecified atom stereocenters. The summed E-state index contributed by atoms with van der Waals surface area (Å²) < 4.78 is 5.54. The van der Waals surface area contributed by atoms with Crippen LogP contribution < -0.4 is 5.43 Å². The van der Waals surface area contributed by atoms with Crippen molar-refractivity contribution >= 4 is 12.4 Å². The number of carbonyl (C=O) groups excluding carboxylic acids is 1. The van der Waals surface area contributed by atoms with Gasteiger partial charge in [-0.15, -0.1) is 0 Å². The second kappa shape index (κ2) is 7.36. The van der Waals surface area contributed by atoms with Gasteiger partial charge in [-0.05, 0) is 30.6 Å². The fraction of sp³-hybridized carbons (Fsp3) is 0.857. The quantitative estimate of drug-likeness (QED) is 0.485. The maximum atomic E-state index is 11.7. The van der Waals surface area contributed by atoms with Gasteiger partial charge in [-0.3, -0.25) is 0 Å². The Morgan fingerprint density at radius 2 is 2.11 bits per heavy atom. The van der Waals surface area contributed by atoms with Crippen LogP contribution in [0.2, 0.25) is 0 Å². The van der Waals surface area contributed by atoms with Crippen molar-refractivity contribution in [2.45, 2.75) is 46.1 Å². The molecule has 0 spiro atoms. The number of nitrogens with one attached hydrogen (secondary N) is 1. The van der Waals surface area contributed by atoms with Gasteiger partial charge in [0.1, 0.15) is 12.4 Å². The van der Waals surface area contributed by atoms with E-state index in [-0.39, 0.29) is 6.10 Å². The average Bonchev–Trinajstić information content (AvgIpc) is 2.27. The number of hydrazone groups is 1. The molecule has 0 heterocycles. The minimum atomic E-state index is -0.456. The molecule has 19 heavy (non-hydrogen) atoms. The minimum Gasteiger partial charge on any atom is -0.445 e. The third-order valence-corrected chi connectivity index (χ3v) is 3.66. The van der Waals surface area contributed by atoms with Gasteiger partial charge in [0.05, 0.1) is 0 Å². The van der Waals surface area contributed by atoms with Crippen LogP contribution in [0.3, 0.4) is 0 Å². The molecule has 1 fully saturated rings. The Morgan fingerprint density at radius 1 is 1.42 bits per heavy atom.